The highest BCUT2D eigenvalue weighted by Gasteiger charge is 2.37. The van der Waals surface area contributed by atoms with Crippen molar-refractivity contribution in [3.8, 4) is 5.75 Å². The predicted octanol–water partition coefficient (Wildman–Crippen LogP) is -7.25. The third kappa shape index (κ3) is 19.6. The zero-order valence-corrected chi connectivity index (χ0v) is 41.5. The molecule has 0 aliphatic heterocycles. The summed E-state index contributed by atoms with van der Waals surface area (Å²) >= 11 is 0. The number of H-pyrrole nitrogens is 1. The molecule has 0 bridgehead atoms. The smallest absolute Gasteiger partial charge is 0.326 e. The van der Waals surface area contributed by atoms with E-state index >= 15 is 0 Å². The van der Waals surface area contributed by atoms with Gasteiger partial charge in [-0.15, -0.1) is 0 Å². The zero-order chi connectivity index (χ0) is 55.8. The average Bonchev–Trinajstić information content (AvgIpc) is 3.90. The molecule has 0 saturated heterocycles. The molecule has 2 rings (SSSR count). The van der Waals surface area contributed by atoms with E-state index in [9.17, 15) is 78.6 Å². The summed E-state index contributed by atoms with van der Waals surface area (Å²) in [5.41, 5.74) is 6.22. The number of aromatic amines is 1. The number of imidazole rings is 1. The van der Waals surface area contributed by atoms with Gasteiger partial charge in [0.2, 0.25) is 53.2 Å². The van der Waals surface area contributed by atoms with Gasteiger partial charge in [0, 0.05) is 24.7 Å². The van der Waals surface area contributed by atoms with Gasteiger partial charge in [-0.2, -0.15) is 0 Å². The molecule has 1 heterocycles. The SMILES string of the molecule is CC[C@H](C)[C@H](NC(=O)[C@H](Cc1ccc(O)cc1)NC(=O)[C@H](CO)NC(=O)[C@@H](NC(=O)[C@H](CO)NC(=O)[C@H](CO)NC(=O)[C@H](CO)NC(=O)[C@H](C)NC(=O)[C@@H](N)CO)[C@@H](C)CC)C(=O)N[C@@H](Cc1cnc[nH]1)C(=O)O. The van der Waals surface area contributed by atoms with Crippen molar-refractivity contribution in [1.82, 2.24) is 57.8 Å². The molecule has 412 valence electrons. The van der Waals surface area contributed by atoms with Gasteiger partial charge < -0.3 is 94.3 Å². The number of phenolic OH excluding ortho intramolecular Hbond substituents is 1. The lowest BCUT2D eigenvalue weighted by Crippen LogP contribution is -2.63. The number of rotatable bonds is 32. The van der Waals surface area contributed by atoms with Gasteiger partial charge in [0.15, 0.2) is 0 Å². The highest BCUT2D eigenvalue weighted by molar-refractivity contribution is 5.98. The minimum absolute atomic E-state index is 0.118. The van der Waals surface area contributed by atoms with E-state index < -0.39 is 164 Å². The maximum Gasteiger partial charge on any atom is 0.326 e. The van der Waals surface area contributed by atoms with Gasteiger partial charge in [0.05, 0.1) is 39.4 Å². The Kier molecular flexibility index (Phi) is 26.6. The number of hydrogen-bond donors (Lipinski definition) is 18. The first-order valence-corrected chi connectivity index (χ1v) is 23.5. The number of nitrogens with zero attached hydrogens (tertiary/aromatic N) is 1. The van der Waals surface area contributed by atoms with E-state index in [1.807, 2.05) is 0 Å². The Hall–Kier alpha value is -7.31. The van der Waals surface area contributed by atoms with E-state index in [0.717, 1.165) is 0 Å². The second-order valence-electron chi connectivity index (χ2n) is 17.4. The second-order valence-corrected chi connectivity index (χ2v) is 17.4. The number of aliphatic carboxylic acids is 1. The first-order chi connectivity index (χ1) is 35.0. The lowest BCUT2D eigenvalue weighted by molar-refractivity contribution is -0.142. The van der Waals surface area contributed by atoms with Crippen LogP contribution in [0.3, 0.4) is 0 Å². The van der Waals surface area contributed by atoms with Crippen LogP contribution in [-0.2, 0) is 60.8 Å². The first-order valence-electron chi connectivity index (χ1n) is 23.5. The Morgan fingerprint density at radius 3 is 1.30 bits per heavy atom. The fourth-order valence-electron chi connectivity index (χ4n) is 6.69. The van der Waals surface area contributed by atoms with E-state index in [2.05, 4.69) is 57.8 Å². The van der Waals surface area contributed by atoms with Crippen molar-refractivity contribution < 1.29 is 83.7 Å². The number of carbonyl (C=O) groups is 10. The minimum Gasteiger partial charge on any atom is -0.508 e. The van der Waals surface area contributed by atoms with E-state index in [0.29, 0.717) is 17.7 Å². The Bertz CT molecular complexity index is 2200. The molecule has 2 aromatic rings. The number of carboxylic acid groups (broad SMARTS) is 1. The molecule has 0 spiro atoms. The molecule has 29 nitrogen and oxygen atoms in total. The number of amides is 9. The van der Waals surface area contributed by atoms with Crippen LogP contribution in [0.1, 0.15) is 58.7 Å². The van der Waals surface area contributed by atoms with Crippen LogP contribution in [0, 0.1) is 11.8 Å². The van der Waals surface area contributed by atoms with E-state index in [1.165, 1.54) is 50.6 Å². The number of aliphatic hydroxyl groups is 5. The largest absolute Gasteiger partial charge is 0.508 e. The average molecular weight is 1050 g/mol. The van der Waals surface area contributed by atoms with Crippen molar-refractivity contribution >= 4 is 59.1 Å². The summed E-state index contributed by atoms with van der Waals surface area (Å²) in [6.07, 6.45) is 2.81. The van der Waals surface area contributed by atoms with Crippen LogP contribution in [-0.4, -0.2) is 198 Å². The second kappa shape index (κ2) is 31.3. The molecule has 0 aliphatic carbocycles. The maximum atomic E-state index is 14.1. The third-order valence-electron chi connectivity index (χ3n) is 11.7. The molecule has 1 aromatic carbocycles. The van der Waals surface area contributed by atoms with Gasteiger partial charge in [-0.3, -0.25) is 43.2 Å². The highest BCUT2D eigenvalue weighted by atomic mass is 16.4. The number of phenols is 1. The standard InChI is InChI=1S/C45H70N12O17/c1-6-21(3)34(43(71)51-29(45(73)74)13-25-14-47-20-48-25)56-38(66)28(12-24-8-10-26(63)11-9-24)50-39(67)32(18-61)55-44(72)35(22(4)7-2)57-42(70)33(19-62)54-41(69)31(17-60)53-40(68)30(16-59)52-36(64)23(5)49-37(65)27(46)15-58/h8-11,14,20-23,27-35,58-63H,6-7,12-13,15-19,46H2,1-5H3,(H,47,48)(H,49,65)(H,50,67)(H,51,71)(H,52,64)(H,53,68)(H,54,69)(H,55,72)(H,56,66)(H,57,70)(H,73,74)/t21-,22-,23-,27-,28-,29-,30-,31-,32-,33-,34-,35-/m0/s1. The van der Waals surface area contributed by atoms with Crippen molar-refractivity contribution in [1.29, 1.82) is 0 Å². The van der Waals surface area contributed by atoms with Crippen molar-refractivity contribution in [2.24, 2.45) is 17.6 Å². The molecule has 74 heavy (non-hydrogen) atoms. The van der Waals surface area contributed by atoms with Crippen molar-refractivity contribution in [2.75, 3.05) is 33.0 Å². The molecule has 0 unspecified atom stereocenters. The van der Waals surface area contributed by atoms with E-state index in [-0.39, 0.29) is 25.0 Å². The van der Waals surface area contributed by atoms with Crippen LogP contribution in [0.2, 0.25) is 0 Å². The Morgan fingerprint density at radius 1 is 0.514 bits per heavy atom. The fraction of sp³-hybridized carbons (Fsp3) is 0.578. The van der Waals surface area contributed by atoms with Gasteiger partial charge in [-0.1, -0.05) is 52.7 Å². The summed E-state index contributed by atoms with van der Waals surface area (Å²) in [5.74, 6) is -12.3. The van der Waals surface area contributed by atoms with Crippen molar-refractivity contribution in [3.05, 3.63) is 48.0 Å². The number of aromatic hydroxyl groups is 1. The molecule has 9 amide bonds. The number of nitrogens with one attached hydrogen (secondary N) is 10. The first kappa shape index (κ1) is 62.8. The molecule has 1 aromatic heterocycles. The molecule has 12 atom stereocenters. The lowest BCUT2D eigenvalue weighted by atomic mass is 9.96. The van der Waals surface area contributed by atoms with Crippen molar-refractivity contribution in [2.45, 2.75) is 121 Å². The minimum atomic E-state index is -1.85. The van der Waals surface area contributed by atoms with Crippen molar-refractivity contribution in [3.63, 3.8) is 0 Å². The van der Waals surface area contributed by atoms with Crippen LogP contribution < -0.4 is 53.6 Å². The van der Waals surface area contributed by atoms with E-state index in [4.69, 9.17) is 10.8 Å². The zero-order valence-electron chi connectivity index (χ0n) is 41.5. The Balaban J connectivity index is 2.26. The molecule has 0 saturated carbocycles. The summed E-state index contributed by atoms with van der Waals surface area (Å²) in [7, 11) is 0. The quantitative estimate of drug-likeness (QED) is 0.0324. The summed E-state index contributed by atoms with van der Waals surface area (Å²) in [6.45, 7) is 2.68. The van der Waals surface area contributed by atoms with Gasteiger partial charge in [-0.25, -0.2) is 9.78 Å². The third-order valence-corrected chi connectivity index (χ3v) is 11.7. The van der Waals surface area contributed by atoms with Crippen LogP contribution >= 0.6 is 0 Å². The normalized spacial score (nSPS) is 16.0. The van der Waals surface area contributed by atoms with Crippen LogP contribution in [0.15, 0.2) is 36.8 Å². The number of carbonyl (C=O) groups excluding carboxylic acids is 9. The number of aliphatic hydroxyl groups excluding tert-OH is 5. The monoisotopic (exact) mass is 1050 g/mol. The maximum absolute atomic E-state index is 14.1. The van der Waals surface area contributed by atoms with Crippen LogP contribution in [0.5, 0.6) is 5.75 Å². The number of aromatic nitrogens is 2. The summed E-state index contributed by atoms with van der Waals surface area (Å²) in [6, 6.07) is -10.2. The number of hydrogen-bond acceptors (Lipinski definition) is 18. The Labute approximate surface area is 425 Å². The number of carboxylic acids is 1. The number of nitrogens with two attached hydrogens (primary N) is 1. The summed E-state index contributed by atoms with van der Waals surface area (Å²) < 4.78 is 0. The number of benzene rings is 1. The van der Waals surface area contributed by atoms with Crippen LogP contribution in [0.25, 0.3) is 0 Å². The van der Waals surface area contributed by atoms with Crippen LogP contribution in [0.4, 0.5) is 0 Å². The topological polar surface area (TPSA) is 475 Å². The highest BCUT2D eigenvalue weighted by Crippen LogP contribution is 2.15. The summed E-state index contributed by atoms with van der Waals surface area (Å²) in [5, 5.41) is 89.6. The molecule has 0 radical (unpaired) electrons. The molecule has 0 aliphatic rings. The van der Waals surface area contributed by atoms with Gasteiger partial charge >= 0.3 is 5.97 Å². The van der Waals surface area contributed by atoms with E-state index in [1.54, 1.807) is 20.8 Å². The predicted molar refractivity (Wildman–Crippen MR) is 257 cm³/mol. The van der Waals surface area contributed by atoms with Gasteiger partial charge in [0.1, 0.15) is 66.2 Å². The molecule has 29 heteroatoms. The molecule has 19 N–H and O–H groups in total. The Morgan fingerprint density at radius 2 is 0.905 bits per heavy atom. The fourth-order valence-corrected chi connectivity index (χ4v) is 6.69. The molecule has 0 fully saturated rings. The molecular weight excluding hydrogens is 981 g/mol. The lowest BCUT2D eigenvalue weighted by Gasteiger charge is -2.29. The van der Waals surface area contributed by atoms with Gasteiger partial charge in [0.25, 0.3) is 0 Å². The van der Waals surface area contributed by atoms with Gasteiger partial charge in [-0.05, 0) is 36.5 Å². The summed E-state index contributed by atoms with van der Waals surface area (Å²) in [4.78, 5) is 138. The molecular formula is C45H70N12O17.